The third-order valence-corrected chi connectivity index (χ3v) is 2.12. The summed E-state index contributed by atoms with van der Waals surface area (Å²) in [6.07, 6.45) is 0. The van der Waals surface area contributed by atoms with Crippen LogP contribution in [0.1, 0.15) is 0 Å². The van der Waals surface area contributed by atoms with E-state index in [0.29, 0.717) is 0 Å². The molecule has 0 aliphatic carbocycles. The molecule has 0 aliphatic heterocycles. The fourth-order valence-electron chi connectivity index (χ4n) is 0.712. The quantitative estimate of drug-likeness (QED) is 0.292. The zero-order valence-electron chi connectivity index (χ0n) is 8.26. The van der Waals surface area contributed by atoms with E-state index in [1.807, 2.05) is 0 Å². The molecule has 0 amide bonds. The third kappa shape index (κ3) is 5.53. The van der Waals surface area contributed by atoms with E-state index in [0.717, 1.165) is 18.2 Å². The maximum Gasteiger partial charge on any atom is 1.00 e. The van der Waals surface area contributed by atoms with E-state index >= 15 is 0 Å². The van der Waals surface area contributed by atoms with Gasteiger partial charge in [-0.2, -0.15) is 0 Å². The minimum Gasteiger partial charge on any atom is -0.744 e. The SMILES string of the molecule is O.O=S(=O)([O-])c1cccc(O)c1O.[Na+].[Na+]. The van der Waals surface area contributed by atoms with E-state index in [4.69, 9.17) is 10.2 Å². The molecule has 15 heavy (non-hydrogen) atoms. The van der Waals surface area contributed by atoms with Crippen LogP contribution in [0.3, 0.4) is 0 Å². The smallest absolute Gasteiger partial charge is 0.744 e. The van der Waals surface area contributed by atoms with Crippen molar-refractivity contribution in [1.82, 2.24) is 0 Å². The topological polar surface area (TPSA) is 129 Å². The first-order valence-corrected chi connectivity index (χ1v) is 4.30. The van der Waals surface area contributed by atoms with Gasteiger partial charge in [0.25, 0.3) is 0 Å². The van der Waals surface area contributed by atoms with Gasteiger partial charge in [0.05, 0.1) is 4.90 Å². The Balaban J connectivity index is -0.000000480. The van der Waals surface area contributed by atoms with Crippen LogP contribution in [0.15, 0.2) is 23.1 Å². The summed E-state index contributed by atoms with van der Waals surface area (Å²) in [6, 6.07) is 3.14. The summed E-state index contributed by atoms with van der Waals surface area (Å²) in [4.78, 5) is -0.817. The van der Waals surface area contributed by atoms with E-state index in [-0.39, 0.29) is 64.6 Å². The number of phenolic OH excluding ortho intramolecular Hbond substituents is 2. The van der Waals surface area contributed by atoms with Crippen LogP contribution in [0.2, 0.25) is 0 Å². The van der Waals surface area contributed by atoms with E-state index in [1.54, 1.807) is 0 Å². The summed E-state index contributed by atoms with van der Waals surface area (Å²) < 4.78 is 31.1. The van der Waals surface area contributed by atoms with Crippen molar-refractivity contribution < 1.29 is 87.8 Å². The largest absolute Gasteiger partial charge is 1.00 e. The summed E-state index contributed by atoms with van der Waals surface area (Å²) in [5.74, 6) is -1.54. The Labute approximate surface area is 131 Å². The van der Waals surface area contributed by atoms with Crippen LogP contribution in [-0.4, -0.2) is 28.7 Å². The van der Waals surface area contributed by atoms with Gasteiger partial charge in [-0.1, -0.05) is 6.07 Å². The fraction of sp³-hybridized carbons (Fsp3) is 0. The Hall–Kier alpha value is 0.690. The maximum absolute atomic E-state index is 10.4. The zero-order chi connectivity index (χ0) is 9.35. The predicted molar refractivity (Wildman–Crippen MR) is 41.3 cm³/mol. The van der Waals surface area contributed by atoms with E-state index < -0.39 is 26.5 Å². The van der Waals surface area contributed by atoms with Crippen molar-refractivity contribution in [2.45, 2.75) is 4.90 Å². The van der Waals surface area contributed by atoms with Gasteiger partial charge in [0.1, 0.15) is 10.1 Å². The molecule has 0 saturated carbocycles. The minimum absolute atomic E-state index is 0. The van der Waals surface area contributed by atoms with Gasteiger partial charge >= 0.3 is 59.1 Å². The molecule has 0 heterocycles. The molecule has 4 N–H and O–H groups in total. The number of hydrogen-bond donors (Lipinski definition) is 2. The molecule has 74 valence electrons. The molecule has 0 saturated heterocycles. The van der Waals surface area contributed by atoms with Crippen LogP contribution in [0, 0.1) is 0 Å². The Morgan fingerprint density at radius 1 is 1.13 bits per heavy atom. The maximum atomic E-state index is 10.4. The van der Waals surface area contributed by atoms with Crippen LogP contribution in [0.25, 0.3) is 0 Å². The molecule has 1 aromatic carbocycles. The second-order valence-corrected chi connectivity index (χ2v) is 3.43. The van der Waals surface area contributed by atoms with Crippen molar-refractivity contribution in [3.63, 3.8) is 0 Å². The van der Waals surface area contributed by atoms with E-state index in [1.165, 1.54) is 0 Å². The number of phenols is 2. The molecule has 0 fully saturated rings. The molecule has 6 nitrogen and oxygen atoms in total. The van der Waals surface area contributed by atoms with Crippen molar-refractivity contribution >= 4 is 10.1 Å². The van der Waals surface area contributed by atoms with E-state index in [9.17, 15) is 13.0 Å². The summed E-state index contributed by atoms with van der Waals surface area (Å²) in [6.45, 7) is 0. The van der Waals surface area contributed by atoms with Gasteiger partial charge in [-0.05, 0) is 12.1 Å². The number of rotatable bonds is 1. The van der Waals surface area contributed by atoms with Crippen LogP contribution >= 0.6 is 0 Å². The predicted octanol–water partition coefficient (Wildman–Crippen LogP) is -6.81. The van der Waals surface area contributed by atoms with Gasteiger partial charge in [-0.3, -0.25) is 0 Å². The molecular weight excluding hydrogens is 246 g/mol. The Morgan fingerprint density at radius 3 is 1.93 bits per heavy atom. The molecule has 0 radical (unpaired) electrons. The van der Waals surface area contributed by atoms with Gasteiger partial charge < -0.3 is 20.2 Å². The van der Waals surface area contributed by atoms with E-state index in [2.05, 4.69) is 0 Å². The third-order valence-electron chi connectivity index (χ3n) is 1.25. The normalized spacial score (nSPS) is 9.13. The molecule has 0 spiro atoms. The van der Waals surface area contributed by atoms with Crippen LogP contribution < -0.4 is 59.1 Å². The van der Waals surface area contributed by atoms with Crippen molar-refractivity contribution in [3.8, 4) is 11.5 Å². The summed E-state index contributed by atoms with van der Waals surface area (Å²) >= 11 is 0. The summed E-state index contributed by atoms with van der Waals surface area (Å²) in [7, 11) is -4.72. The molecule has 0 aromatic heterocycles. The first-order chi connectivity index (χ1) is 5.43. The van der Waals surface area contributed by atoms with Crippen molar-refractivity contribution in [1.29, 1.82) is 0 Å². The summed E-state index contributed by atoms with van der Waals surface area (Å²) in [5.41, 5.74) is 0. The molecule has 0 aliphatic rings. The fourth-order valence-corrected chi connectivity index (χ4v) is 1.30. The second kappa shape index (κ2) is 7.88. The average molecular weight is 253 g/mol. The van der Waals surface area contributed by atoms with Crippen molar-refractivity contribution in [2.24, 2.45) is 0 Å². The first-order valence-electron chi connectivity index (χ1n) is 2.90. The summed E-state index contributed by atoms with van der Waals surface area (Å²) in [5, 5.41) is 17.7. The molecule has 1 rings (SSSR count). The zero-order valence-corrected chi connectivity index (χ0v) is 13.1. The van der Waals surface area contributed by atoms with Gasteiger partial charge in [0.15, 0.2) is 11.5 Å². The Kier molecular flexibility index (Phi) is 11.0. The number of para-hydroxylation sites is 1. The molecular formula is C6H7Na2O6S+. The van der Waals surface area contributed by atoms with Gasteiger partial charge in [-0.25, -0.2) is 8.42 Å². The van der Waals surface area contributed by atoms with Crippen LogP contribution in [-0.2, 0) is 10.1 Å². The number of benzene rings is 1. The van der Waals surface area contributed by atoms with Crippen molar-refractivity contribution in [2.75, 3.05) is 0 Å². The Bertz CT molecular complexity index is 404. The second-order valence-electron chi connectivity index (χ2n) is 2.08. The molecule has 0 bridgehead atoms. The first kappa shape index (κ1) is 21.0. The average Bonchev–Trinajstić information content (AvgIpc) is 1.92. The standard InChI is InChI=1S/C6H6O5S.2Na.H2O/c7-4-2-1-3-5(6(4)8)12(9,10)11;;;/h1-3,7-8H,(H,9,10,11);;;1H2/q;2*+1;/p-1. The van der Waals surface area contributed by atoms with Gasteiger partial charge in [0.2, 0.25) is 0 Å². The molecule has 0 atom stereocenters. The van der Waals surface area contributed by atoms with Gasteiger partial charge in [0, 0.05) is 0 Å². The monoisotopic (exact) mass is 253 g/mol. The minimum atomic E-state index is -4.72. The number of aromatic hydroxyl groups is 2. The van der Waals surface area contributed by atoms with Crippen molar-refractivity contribution in [3.05, 3.63) is 18.2 Å². The van der Waals surface area contributed by atoms with Gasteiger partial charge in [-0.15, -0.1) is 0 Å². The molecule has 0 unspecified atom stereocenters. The number of hydrogen-bond acceptors (Lipinski definition) is 5. The Morgan fingerprint density at radius 2 is 1.60 bits per heavy atom. The van der Waals surface area contributed by atoms with Crippen LogP contribution in [0.4, 0.5) is 0 Å². The molecule has 9 heteroatoms. The van der Waals surface area contributed by atoms with Crippen LogP contribution in [0.5, 0.6) is 11.5 Å². The molecule has 1 aromatic rings.